The zero-order chi connectivity index (χ0) is 17.5. The van der Waals surface area contributed by atoms with E-state index in [0.29, 0.717) is 12.3 Å². The van der Waals surface area contributed by atoms with Crippen molar-refractivity contribution in [2.75, 3.05) is 25.0 Å². The lowest BCUT2D eigenvalue weighted by Crippen LogP contribution is -2.32. The maximum atomic E-state index is 12.7. The highest BCUT2D eigenvalue weighted by Crippen LogP contribution is 2.21. The quantitative estimate of drug-likeness (QED) is 0.885. The molecule has 1 aliphatic heterocycles. The van der Waals surface area contributed by atoms with Crippen LogP contribution in [0.4, 0.5) is 11.4 Å². The van der Waals surface area contributed by atoms with Crippen LogP contribution >= 0.6 is 0 Å². The van der Waals surface area contributed by atoms with E-state index in [9.17, 15) is 4.79 Å². The van der Waals surface area contributed by atoms with Crippen molar-refractivity contribution in [3.8, 4) is 5.75 Å². The van der Waals surface area contributed by atoms with Crippen molar-refractivity contribution >= 4 is 17.3 Å². The second-order valence-electron chi connectivity index (χ2n) is 6.22. The number of aromatic nitrogens is 1. The van der Waals surface area contributed by atoms with Crippen LogP contribution in [0.2, 0.25) is 0 Å². The number of nitrogens with zero attached hydrogens (tertiary/aromatic N) is 2. The van der Waals surface area contributed by atoms with E-state index in [1.807, 2.05) is 48.2 Å². The molecule has 0 bridgehead atoms. The van der Waals surface area contributed by atoms with Crippen molar-refractivity contribution in [1.82, 2.24) is 9.88 Å². The minimum Gasteiger partial charge on any atom is -0.494 e. The van der Waals surface area contributed by atoms with E-state index in [2.05, 4.69) is 10.3 Å². The van der Waals surface area contributed by atoms with Gasteiger partial charge in [-0.1, -0.05) is 12.8 Å². The molecule has 0 spiro atoms. The molecule has 1 aromatic carbocycles. The summed E-state index contributed by atoms with van der Waals surface area (Å²) in [6.07, 6.45) is 6.25. The number of anilines is 2. The molecule has 3 rings (SSSR count). The Labute approximate surface area is 149 Å². The van der Waals surface area contributed by atoms with Gasteiger partial charge in [-0.25, -0.2) is 0 Å². The first-order valence-corrected chi connectivity index (χ1v) is 9.01. The van der Waals surface area contributed by atoms with Gasteiger partial charge < -0.3 is 15.0 Å². The lowest BCUT2D eigenvalue weighted by Gasteiger charge is -2.20. The van der Waals surface area contributed by atoms with Crippen molar-refractivity contribution in [2.45, 2.75) is 32.6 Å². The van der Waals surface area contributed by atoms with Crippen molar-refractivity contribution < 1.29 is 9.53 Å². The summed E-state index contributed by atoms with van der Waals surface area (Å²) in [6, 6.07) is 11.5. The Bertz CT molecular complexity index is 692. The Balaban J connectivity index is 1.69. The number of pyridine rings is 1. The minimum absolute atomic E-state index is 0.0252. The molecule has 1 amide bonds. The standard InChI is InChI=1S/C20H25N3O2/c1-2-25-18-9-7-16(8-10-18)22-17-11-12-21-19(15-17)20(24)23-13-5-3-4-6-14-23/h7-12,15H,2-6,13-14H2,1H3,(H,21,22). The number of amides is 1. The Morgan fingerprint density at radius 1 is 1.08 bits per heavy atom. The molecule has 1 aliphatic rings. The van der Waals surface area contributed by atoms with Crippen molar-refractivity contribution in [2.24, 2.45) is 0 Å². The fourth-order valence-corrected chi connectivity index (χ4v) is 3.03. The van der Waals surface area contributed by atoms with Crippen LogP contribution in [0.25, 0.3) is 0 Å². The molecule has 5 heteroatoms. The minimum atomic E-state index is 0.0252. The van der Waals surface area contributed by atoms with E-state index in [1.165, 1.54) is 12.8 Å². The number of rotatable bonds is 5. The van der Waals surface area contributed by atoms with Crippen LogP contribution in [-0.4, -0.2) is 35.5 Å². The highest BCUT2D eigenvalue weighted by atomic mass is 16.5. The van der Waals surface area contributed by atoms with Crippen LogP contribution in [0.5, 0.6) is 5.75 Å². The van der Waals surface area contributed by atoms with Crippen LogP contribution in [0.1, 0.15) is 43.1 Å². The molecule has 5 nitrogen and oxygen atoms in total. The highest BCUT2D eigenvalue weighted by molar-refractivity contribution is 5.93. The second-order valence-corrected chi connectivity index (χ2v) is 6.22. The number of hydrogen-bond acceptors (Lipinski definition) is 4. The molecule has 1 saturated heterocycles. The van der Waals surface area contributed by atoms with E-state index in [-0.39, 0.29) is 5.91 Å². The summed E-state index contributed by atoms with van der Waals surface area (Å²) in [5, 5.41) is 3.32. The first kappa shape index (κ1) is 17.3. The molecule has 0 aliphatic carbocycles. The number of carbonyl (C=O) groups excluding carboxylic acids is 1. The number of ether oxygens (including phenoxy) is 1. The van der Waals surface area contributed by atoms with Gasteiger partial charge >= 0.3 is 0 Å². The average Bonchev–Trinajstić information content (AvgIpc) is 2.93. The van der Waals surface area contributed by atoms with Gasteiger partial charge in [0.1, 0.15) is 11.4 Å². The zero-order valence-electron chi connectivity index (χ0n) is 14.7. The lowest BCUT2D eigenvalue weighted by atomic mass is 10.2. The summed E-state index contributed by atoms with van der Waals surface area (Å²) in [5.41, 5.74) is 2.30. The molecule has 1 N–H and O–H groups in total. The summed E-state index contributed by atoms with van der Waals surface area (Å²) < 4.78 is 5.45. The van der Waals surface area contributed by atoms with Gasteiger partial charge in [0.25, 0.3) is 5.91 Å². The monoisotopic (exact) mass is 339 g/mol. The number of likely N-dealkylation sites (tertiary alicyclic amines) is 1. The van der Waals surface area contributed by atoms with Crippen molar-refractivity contribution in [3.63, 3.8) is 0 Å². The molecule has 25 heavy (non-hydrogen) atoms. The van der Waals surface area contributed by atoms with Crippen molar-refractivity contribution in [3.05, 3.63) is 48.3 Å². The Morgan fingerprint density at radius 2 is 1.80 bits per heavy atom. The smallest absolute Gasteiger partial charge is 0.272 e. The summed E-state index contributed by atoms with van der Waals surface area (Å²) in [4.78, 5) is 18.9. The predicted octanol–water partition coefficient (Wildman–Crippen LogP) is 4.24. The van der Waals surface area contributed by atoms with E-state index < -0.39 is 0 Å². The third kappa shape index (κ3) is 4.72. The average molecular weight is 339 g/mol. The summed E-state index contributed by atoms with van der Waals surface area (Å²) in [7, 11) is 0. The third-order valence-corrected chi connectivity index (χ3v) is 4.33. The zero-order valence-corrected chi connectivity index (χ0v) is 14.7. The first-order valence-electron chi connectivity index (χ1n) is 9.01. The molecule has 1 fully saturated rings. The molecular formula is C20H25N3O2. The third-order valence-electron chi connectivity index (χ3n) is 4.33. The lowest BCUT2D eigenvalue weighted by molar-refractivity contribution is 0.0756. The van der Waals surface area contributed by atoms with Gasteiger partial charge in [0, 0.05) is 30.7 Å². The van der Waals surface area contributed by atoms with Crippen LogP contribution in [0.15, 0.2) is 42.6 Å². The summed E-state index contributed by atoms with van der Waals surface area (Å²) >= 11 is 0. The molecule has 0 saturated carbocycles. The Morgan fingerprint density at radius 3 is 2.48 bits per heavy atom. The molecular weight excluding hydrogens is 314 g/mol. The molecule has 0 atom stereocenters. The van der Waals surface area contributed by atoms with Gasteiger partial charge in [-0.05, 0) is 56.2 Å². The van der Waals surface area contributed by atoms with Gasteiger partial charge in [0.15, 0.2) is 0 Å². The Kier molecular flexibility index (Phi) is 5.88. The molecule has 132 valence electrons. The SMILES string of the molecule is CCOc1ccc(Nc2ccnc(C(=O)N3CCCCCC3)c2)cc1. The maximum absolute atomic E-state index is 12.7. The number of benzene rings is 1. The topological polar surface area (TPSA) is 54.5 Å². The molecule has 0 unspecified atom stereocenters. The van der Waals surface area contributed by atoms with E-state index in [0.717, 1.165) is 43.1 Å². The summed E-state index contributed by atoms with van der Waals surface area (Å²) in [5.74, 6) is 0.872. The fraction of sp³-hybridized carbons (Fsp3) is 0.400. The predicted molar refractivity (Wildman–Crippen MR) is 99.5 cm³/mol. The summed E-state index contributed by atoms with van der Waals surface area (Å²) in [6.45, 7) is 4.28. The van der Waals surface area contributed by atoms with Crippen LogP contribution in [-0.2, 0) is 0 Å². The van der Waals surface area contributed by atoms with Gasteiger partial charge in [-0.3, -0.25) is 9.78 Å². The fourth-order valence-electron chi connectivity index (χ4n) is 3.03. The van der Waals surface area contributed by atoms with Gasteiger partial charge in [0.05, 0.1) is 6.61 Å². The Hall–Kier alpha value is -2.56. The van der Waals surface area contributed by atoms with E-state index in [4.69, 9.17) is 4.74 Å². The van der Waals surface area contributed by atoms with Crippen LogP contribution in [0.3, 0.4) is 0 Å². The van der Waals surface area contributed by atoms with Gasteiger partial charge in [-0.15, -0.1) is 0 Å². The molecule has 2 aromatic rings. The number of nitrogens with one attached hydrogen (secondary N) is 1. The first-order chi connectivity index (χ1) is 12.3. The molecule has 2 heterocycles. The molecule has 1 aromatic heterocycles. The van der Waals surface area contributed by atoms with Gasteiger partial charge in [-0.2, -0.15) is 0 Å². The van der Waals surface area contributed by atoms with E-state index in [1.54, 1.807) is 6.20 Å². The van der Waals surface area contributed by atoms with Crippen LogP contribution < -0.4 is 10.1 Å². The van der Waals surface area contributed by atoms with Crippen molar-refractivity contribution in [1.29, 1.82) is 0 Å². The normalized spacial score (nSPS) is 14.7. The second kappa shape index (κ2) is 8.51. The highest BCUT2D eigenvalue weighted by Gasteiger charge is 2.18. The molecule has 0 radical (unpaired) electrons. The van der Waals surface area contributed by atoms with Gasteiger partial charge in [0.2, 0.25) is 0 Å². The number of carbonyl (C=O) groups is 1. The largest absolute Gasteiger partial charge is 0.494 e. The van der Waals surface area contributed by atoms with E-state index >= 15 is 0 Å². The maximum Gasteiger partial charge on any atom is 0.272 e. The number of hydrogen-bond donors (Lipinski definition) is 1. The van der Waals surface area contributed by atoms with Crippen LogP contribution in [0, 0.1) is 0 Å².